The van der Waals surface area contributed by atoms with Gasteiger partial charge in [0.2, 0.25) is 0 Å². The van der Waals surface area contributed by atoms with Crippen LogP contribution in [-0.2, 0) is 6.42 Å². The molecule has 0 amide bonds. The van der Waals surface area contributed by atoms with Crippen molar-refractivity contribution in [1.82, 2.24) is 9.55 Å². The number of aromatic carboxylic acids is 1. The largest absolute Gasteiger partial charge is 0.492 e. The predicted molar refractivity (Wildman–Crippen MR) is 108 cm³/mol. The number of carboxylic acids is 1. The summed E-state index contributed by atoms with van der Waals surface area (Å²) in [5.41, 5.74) is 2.56. The molecule has 0 radical (unpaired) electrons. The van der Waals surface area contributed by atoms with E-state index in [-0.39, 0.29) is 11.6 Å². The molecule has 0 fully saturated rings. The molecule has 0 bridgehead atoms. The van der Waals surface area contributed by atoms with Gasteiger partial charge >= 0.3 is 5.97 Å². The molecule has 0 saturated carbocycles. The molecule has 2 aromatic rings. The molecule has 0 aliphatic carbocycles. The highest BCUT2D eigenvalue weighted by Gasteiger charge is 2.27. The maximum Gasteiger partial charge on any atom is 0.341 e. The van der Waals surface area contributed by atoms with Crippen molar-refractivity contribution < 1.29 is 14.6 Å². The molecule has 0 unspecified atom stereocenters. The zero-order valence-electron chi connectivity index (χ0n) is 17.0. The first-order valence-electron chi connectivity index (χ1n) is 9.96. The number of ether oxygens (including phenoxy) is 1. The number of carboxylic acid groups (broad SMARTS) is 1. The van der Waals surface area contributed by atoms with E-state index < -0.39 is 11.4 Å². The van der Waals surface area contributed by atoms with E-state index in [0.29, 0.717) is 18.2 Å². The molecule has 3 rings (SSSR count). The van der Waals surface area contributed by atoms with E-state index in [2.05, 4.69) is 20.8 Å². The summed E-state index contributed by atoms with van der Waals surface area (Å²) in [6, 6.07) is 3.55. The van der Waals surface area contributed by atoms with Crippen molar-refractivity contribution in [3.63, 3.8) is 0 Å². The van der Waals surface area contributed by atoms with E-state index in [1.165, 1.54) is 12.3 Å². The van der Waals surface area contributed by atoms with Crippen molar-refractivity contribution >= 4 is 5.97 Å². The Labute approximate surface area is 165 Å². The molecule has 1 N–H and O–H groups in total. The Morgan fingerprint density at radius 1 is 1.39 bits per heavy atom. The highest BCUT2D eigenvalue weighted by Crippen LogP contribution is 2.37. The van der Waals surface area contributed by atoms with Gasteiger partial charge in [0.1, 0.15) is 11.3 Å². The van der Waals surface area contributed by atoms with Crippen molar-refractivity contribution in [2.24, 2.45) is 5.92 Å². The van der Waals surface area contributed by atoms with E-state index in [4.69, 9.17) is 9.72 Å². The van der Waals surface area contributed by atoms with Crippen LogP contribution in [0.1, 0.15) is 67.7 Å². The summed E-state index contributed by atoms with van der Waals surface area (Å²) in [5.74, 6) is -0.124. The highest BCUT2D eigenvalue weighted by molar-refractivity contribution is 5.87. The maximum absolute atomic E-state index is 12.4. The van der Waals surface area contributed by atoms with Crippen LogP contribution in [-0.4, -0.2) is 27.2 Å². The molecule has 1 atom stereocenters. The van der Waals surface area contributed by atoms with Crippen molar-refractivity contribution in [3.05, 3.63) is 45.4 Å². The SMILES string of the molecule is CCCCOc1cc2c(nc1C)-c1cc(=O)c(C(=O)O)cn1[C@H](C(C)C)CC2. The first-order chi connectivity index (χ1) is 13.3. The number of nitrogens with zero attached hydrogens (tertiary/aromatic N) is 2. The van der Waals surface area contributed by atoms with Gasteiger partial charge in [0.25, 0.3) is 0 Å². The minimum absolute atomic E-state index is 0.0904. The Hall–Kier alpha value is -2.63. The fraction of sp³-hybridized carbons (Fsp3) is 0.500. The van der Waals surface area contributed by atoms with Gasteiger partial charge in [-0.15, -0.1) is 0 Å². The van der Waals surface area contributed by atoms with E-state index in [1.807, 2.05) is 17.6 Å². The molecular formula is C22H28N2O4. The molecule has 28 heavy (non-hydrogen) atoms. The summed E-state index contributed by atoms with van der Waals surface area (Å²) < 4.78 is 7.85. The van der Waals surface area contributed by atoms with Gasteiger partial charge in [-0.2, -0.15) is 0 Å². The highest BCUT2D eigenvalue weighted by atomic mass is 16.5. The molecule has 6 nitrogen and oxygen atoms in total. The number of aromatic nitrogens is 2. The van der Waals surface area contributed by atoms with Gasteiger partial charge in [-0.25, -0.2) is 9.78 Å². The van der Waals surface area contributed by atoms with Crippen LogP contribution in [0.4, 0.5) is 0 Å². The third-order valence-corrected chi connectivity index (χ3v) is 5.39. The van der Waals surface area contributed by atoms with E-state index in [0.717, 1.165) is 48.4 Å². The van der Waals surface area contributed by atoms with E-state index >= 15 is 0 Å². The summed E-state index contributed by atoms with van der Waals surface area (Å²) in [6.45, 7) is 8.91. The second kappa shape index (κ2) is 8.17. The average Bonchev–Trinajstić information content (AvgIpc) is 2.78. The molecule has 0 aromatic carbocycles. The third kappa shape index (κ3) is 3.81. The molecule has 150 valence electrons. The van der Waals surface area contributed by atoms with Gasteiger partial charge in [-0.05, 0) is 43.7 Å². The van der Waals surface area contributed by atoms with Crippen LogP contribution in [0.3, 0.4) is 0 Å². The van der Waals surface area contributed by atoms with Crippen LogP contribution in [0.25, 0.3) is 11.4 Å². The lowest BCUT2D eigenvalue weighted by molar-refractivity contribution is 0.0694. The number of unbranched alkanes of at least 4 members (excludes halogenated alkanes) is 1. The number of aryl methyl sites for hydroxylation is 2. The molecule has 0 saturated heterocycles. The van der Waals surface area contributed by atoms with Crippen LogP contribution in [0, 0.1) is 12.8 Å². The molecule has 6 heteroatoms. The lowest BCUT2D eigenvalue weighted by Gasteiger charge is -2.25. The van der Waals surface area contributed by atoms with Gasteiger partial charge in [-0.3, -0.25) is 4.79 Å². The standard InChI is InChI=1S/C22H28N2O4/c1-5-6-9-28-20-10-15-7-8-17(13(2)3)24-12-16(22(26)27)19(25)11-18(24)21(15)23-14(20)4/h10-13,17H,5-9H2,1-4H3,(H,26,27)/t17-/m0/s1. The van der Waals surface area contributed by atoms with Crippen molar-refractivity contribution in [2.45, 2.75) is 59.4 Å². The van der Waals surface area contributed by atoms with Crippen LogP contribution < -0.4 is 10.2 Å². The topological polar surface area (TPSA) is 81.4 Å². The van der Waals surface area contributed by atoms with Gasteiger partial charge < -0.3 is 14.4 Å². The minimum Gasteiger partial charge on any atom is -0.492 e. The predicted octanol–water partition coefficient (Wildman–Crippen LogP) is 4.24. The lowest BCUT2D eigenvalue weighted by Crippen LogP contribution is -2.23. The fourth-order valence-electron chi connectivity index (χ4n) is 3.78. The monoisotopic (exact) mass is 384 g/mol. The molecule has 3 heterocycles. The maximum atomic E-state index is 12.4. The molecule has 2 aromatic heterocycles. The van der Waals surface area contributed by atoms with E-state index in [1.54, 1.807) is 0 Å². The summed E-state index contributed by atoms with van der Waals surface area (Å²) in [5, 5.41) is 9.40. The fourth-order valence-corrected chi connectivity index (χ4v) is 3.78. The molecule has 0 spiro atoms. The Morgan fingerprint density at radius 3 is 2.79 bits per heavy atom. The first kappa shape index (κ1) is 20.1. The zero-order chi connectivity index (χ0) is 20.4. The van der Waals surface area contributed by atoms with Crippen molar-refractivity contribution in [1.29, 1.82) is 0 Å². The van der Waals surface area contributed by atoms with Crippen LogP contribution in [0.5, 0.6) is 5.75 Å². The summed E-state index contributed by atoms with van der Waals surface area (Å²) in [6.07, 6.45) is 5.19. The van der Waals surface area contributed by atoms with Crippen LogP contribution in [0.15, 0.2) is 23.1 Å². The number of carbonyl (C=O) groups is 1. The lowest BCUT2D eigenvalue weighted by atomic mass is 9.97. The Kier molecular flexibility index (Phi) is 5.87. The van der Waals surface area contributed by atoms with Crippen LogP contribution >= 0.6 is 0 Å². The van der Waals surface area contributed by atoms with Gasteiger partial charge in [0.05, 0.1) is 23.7 Å². The molecule has 1 aliphatic rings. The second-order valence-electron chi connectivity index (χ2n) is 7.78. The number of fused-ring (bicyclic) bond motifs is 3. The van der Waals surface area contributed by atoms with Gasteiger partial charge in [-0.1, -0.05) is 27.2 Å². The summed E-state index contributed by atoms with van der Waals surface area (Å²) >= 11 is 0. The Morgan fingerprint density at radius 2 is 2.14 bits per heavy atom. The van der Waals surface area contributed by atoms with E-state index in [9.17, 15) is 14.7 Å². The van der Waals surface area contributed by atoms with Crippen molar-refractivity contribution in [3.8, 4) is 17.1 Å². The second-order valence-corrected chi connectivity index (χ2v) is 7.78. The van der Waals surface area contributed by atoms with Gasteiger partial charge in [0, 0.05) is 18.3 Å². The average molecular weight is 384 g/mol. The first-order valence-corrected chi connectivity index (χ1v) is 9.96. The molecule has 1 aliphatic heterocycles. The Balaban J connectivity index is 2.16. The number of rotatable bonds is 6. The zero-order valence-corrected chi connectivity index (χ0v) is 17.0. The number of hydrogen-bond acceptors (Lipinski definition) is 4. The quantitative estimate of drug-likeness (QED) is 0.754. The Bertz CT molecular complexity index is 946. The van der Waals surface area contributed by atoms with Gasteiger partial charge in [0.15, 0.2) is 5.43 Å². The third-order valence-electron chi connectivity index (χ3n) is 5.39. The molecular weight excluding hydrogens is 356 g/mol. The summed E-state index contributed by atoms with van der Waals surface area (Å²) in [7, 11) is 0. The normalized spacial score (nSPS) is 15.7. The number of hydrogen-bond donors (Lipinski definition) is 1. The van der Waals surface area contributed by atoms with Crippen molar-refractivity contribution in [2.75, 3.05) is 6.61 Å². The summed E-state index contributed by atoms with van der Waals surface area (Å²) in [4.78, 5) is 28.7. The minimum atomic E-state index is -1.20. The van der Waals surface area contributed by atoms with Crippen LogP contribution in [0.2, 0.25) is 0 Å². The smallest absolute Gasteiger partial charge is 0.341 e. The number of pyridine rings is 2.